The predicted octanol–water partition coefficient (Wildman–Crippen LogP) is 2.42. The van der Waals surface area contributed by atoms with E-state index < -0.39 is 23.6 Å². The Morgan fingerprint density at radius 2 is 2.15 bits per heavy atom. The minimum Gasteiger partial charge on any atom is -0.491 e. The van der Waals surface area contributed by atoms with Gasteiger partial charge in [0.1, 0.15) is 6.04 Å². The number of halogens is 2. The van der Waals surface area contributed by atoms with Crippen LogP contribution < -0.4 is 9.64 Å². The number of benzene rings is 1. The molecular weight excluding hydrogens is 268 g/mol. The summed E-state index contributed by atoms with van der Waals surface area (Å²) in [5.41, 5.74) is 0.335. The van der Waals surface area contributed by atoms with E-state index in [0.29, 0.717) is 18.7 Å². The van der Waals surface area contributed by atoms with Gasteiger partial charge in [0.15, 0.2) is 11.6 Å². The van der Waals surface area contributed by atoms with Gasteiger partial charge in [-0.2, -0.15) is 4.39 Å². The lowest BCUT2D eigenvalue weighted by molar-refractivity contribution is -0.138. The molecule has 1 saturated carbocycles. The Morgan fingerprint density at radius 1 is 1.45 bits per heavy atom. The molecule has 1 aromatic carbocycles. The van der Waals surface area contributed by atoms with Gasteiger partial charge < -0.3 is 14.7 Å². The molecule has 1 atom stereocenters. The first-order chi connectivity index (χ1) is 9.47. The molecule has 3 rings (SSSR count). The van der Waals surface area contributed by atoms with E-state index in [4.69, 9.17) is 4.74 Å². The van der Waals surface area contributed by atoms with Gasteiger partial charge in [-0.3, -0.25) is 0 Å². The van der Waals surface area contributed by atoms with Crippen LogP contribution in [-0.2, 0) is 4.79 Å². The minimum atomic E-state index is -1.08. The summed E-state index contributed by atoms with van der Waals surface area (Å²) in [7, 11) is 1.25. The summed E-state index contributed by atoms with van der Waals surface area (Å²) in [5.74, 6) is -3.25. The molecule has 2 aliphatic rings. The van der Waals surface area contributed by atoms with Gasteiger partial charge in [0.2, 0.25) is 5.82 Å². The zero-order chi connectivity index (χ0) is 14.5. The summed E-state index contributed by atoms with van der Waals surface area (Å²) >= 11 is 0. The summed E-state index contributed by atoms with van der Waals surface area (Å²) in [5, 5.41) is 9.34. The smallest absolute Gasteiger partial charge is 0.326 e. The number of methoxy groups -OCH3 is 1. The Morgan fingerprint density at radius 3 is 2.70 bits per heavy atom. The fourth-order valence-electron chi connectivity index (χ4n) is 3.01. The third-order valence-corrected chi connectivity index (χ3v) is 4.29. The van der Waals surface area contributed by atoms with Gasteiger partial charge >= 0.3 is 5.97 Å². The van der Waals surface area contributed by atoms with Crippen molar-refractivity contribution in [3.8, 4) is 5.75 Å². The van der Waals surface area contributed by atoms with Gasteiger partial charge in [0.25, 0.3) is 0 Å². The summed E-state index contributed by atoms with van der Waals surface area (Å²) in [6, 6.07) is 1.68. The standard InChI is InChI=1S/C14H15F2NO3/c1-20-12-9(3-2-8(15)11(12)16)17-7-14(4-5-14)6-10(17)13(18)19/h2-3,10H,4-7H2,1H3,(H,18,19). The Kier molecular flexibility index (Phi) is 2.84. The second-order valence-corrected chi connectivity index (χ2v) is 5.60. The quantitative estimate of drug-likeness (QED) is 0.925. The number of anilines is 1. The van der Waals surface area contributed by atoms with Crippen molar-refractivity contribution in [2.45, 2.75) is 25.3 Å². The number of rotatable bonds is 3. The molecule has 4 nitrogen and oxygen atoms in total. The number of hydrogen-bond donors (Lipinski definition) is 1. The number of carboxylic acids is 1. The fraction of sp³-hybridized carbons (Fsp3) is 0.500. The van der Waals surface area contributed by atoms with Gasteiger partial charge in [0.05, 0.1) is 12.8 Å². The molecule has 1 aromatic rings. The first-order valence-electron chi connectivity index (χ1n) is 6.49. The number of hydrogen-bond acceptors (Lipinski definition) is 3. The Balaban J connectivity index is 2.03. The molecule has 1 saturated heterocycles. The van der Waals surface area contributed by atoms with Crippen molar-refractivity contribution in [1.29, 1.82) is 0 Å². The molecule has 1 aliphatic carbocycles. The second kappa shape index (κ2) is 4.33. The SMILES string of the molecule is COc1c(N2CC3(CC3)CC2C(=O)O)ccc(F)c1F. The summed E-state index contributed by atoms with van der Waals surface area (Å²) in [4.78, 5) is 13.0. The van der Waals surface area contributed by atoms with Crippen LogP contribution in [0.3, 0.4) is 0 Å². The third-order valence-electron chi connectivity index (χ3n) is 4.29. The van der Waals surface area contributed by atoms with Gasteiger partial charge in [-0.1, -0.05) is 0 Å². The van der Waals surface area contributed by atoms with Crippen molar-refractivity contribution in [3.63, 3.8) is 0 Å². The number of aliphatic carboxylic acids is 1. The molecule has 108 valence electrons. The molecule has 20 heavy (non-hydrogen) atoms. The molecule has 2 fully saturated rings. The fourth-order valence-corrected chi connectivity index (χ4v) is 3.01. The Labute approximate surface area is 114 Å². The van der Waals surface area contributed by atoms with Crippen molar-refractivity contribution >= 4 is 11.7 Å². The molecule has 6 heteroatoms. The van der Waals surface area contributed by atoms with Crippen molar-refractivity contribution in [2.75, 3.05) is 18.6 Å². The normalized spacial score (nSPS) is 23.1. The predicted molar refractivity (Wildman–Crippen MR) is 68.0 cm³/mol. The number of carboxylic acid groups (broad SMARTS) is 1. The van der Waals surface area contributed by atoms with Crippen LogP contribution in [0.25, 0.3) is 0 Å². The maximum absolute atomic E-state index is 13.8. The van der Waals surface area contributed by atoms with E-state index in [2.05, 4.69) is 0 Å². The van der Waals surface area contributed by atoms with E-state index in [1.165, 1.54) is 13.2 Å². The lowest BCUT2D eigenvalue weighted by Crippen LogP contribution is -2.36. The molecule has 1 unspecified atom stereocenters. The topological polar surface area (TPSA) is 49.8 Å². The number of ether oxygens (including phenoxy) is 1. The molecular formula is C14H15F2NO3. The van der Waals surface area contributed by atoms with Crippen molar-refractivity contribution in [3.05, 3.63) is 23.8 Å². The first-order valence-corrected chi connectivity index (χ1v) is 6.49. The molecule has 1 N–H and O–H groups in total. The highest BCUT2D eigenvalue weighted by molar-refractivity contribution is 5.81. The van der Waals surface area contributed by atoms with Gasteiger partial charge in [-0.25, -0.2) is 9.18 Å². The average Bonchev–Trinajstić information content (AvgIpc) is 3.04. The highest BCUT2D eigenvalue weighted by atomic mass is 19.2. The number of carbonyl (C=O) groups is 1. The van der Waals surface area contributed by atoms with E-state index in [1.54, 1.807) is 4.90 Å². The zero-order valence-corrected chi connectivity index (χ0v) is 11.0. The molecule has 0 bridgehead atoms. The molecule has 1 heterocycles. The van der Waals surface area contributed by atoms with Crippen LogP contribution >= 0.6 is 0 Å². The van der Waals surface area contributed by atoms with Crippen LogP contribution in [0.1, 0.15) is 19.3 Å². The molecule has 1 spiro atoms. The zero-order valence-electron chi connectivity index (χ0n) is 11.0. The highest BCUT2D eigenvalue weighted by Crippen LogP contribution is 2.56. The summed E-state index contributed by atoms with van der Waals surface area (Å²) < 4.78 is 32.0. The molecule has 0 amide bonds. The van der Waals surface area contributed by atoms with Gasteiger partial charge in [-0.05, 0) is 36.8 Å². The monoisotopic (exact) mass is 283 g/mol. The van der Waals surface area contributed by atoms with Gasteiger partial charge in [-0.15, -0.1) is 0 Å². The van der Waals surface area contributed by atoms with Crippen LogP contribution in [-0.4, -0.2) is 30.8 Å². The van der Waals surface area contributed by atoms with E-state index in [1.807, 2.05) is 0 Å². The van der Waals surface area contributed by atoms with Crippen LogP contribution in [0.15, 0.2) is 12.1 Å². The largest absolute Gasteiger partial charge is 0.491 e. The van der Waals surface area contributed by atoms with Crippen molar-refractivity contribution in [2.24, 2.45) is 5.41 Å². The van der Waals surface area contributed by atoms with Crippen LogP contribution in [0.4, 0.5) is 14.5 Å². The van der Waals surface area contributed by atoms with Crippen molar-refractivity contribution < 1.29 is 23.4 Å². The summed E-state index contributed by atoms with van der Waals surface area (Å²) in [6.07, 6.45) is 2.52. The first kappa shape index (κ1) is 13.1. The lowest BCUT2D eigenvalue weighted by Gasteiger charge is -2.25. The third kappa shape index (κ3) is 1.90. The average molecular weight is 283 g/mol. The van der Waals surface area contributed by atoms with Crippen molar-refractivity contribution in [1.82, 2.24) is 0 Å². The van der Waals surface area contributed by atoms with Crippen LogP contribution in [0.2, 0.25) is 0 Å². The molecule has 1 aliphatic heterocycles. The molecule has 0 radical (unpaired) electrons. The van der Waals surface area contributed by atoms with E-state index >= 15 is 0 Å². The van der Waals surface area contributed by atoms with Crippen LogP contribution in [0.5, 0.6) is 5.75 Å². The Bertz CT molecular complexity index is 572. The lowest BCUT2D eigenvalue weighted by atomic mass is 10.0. The Hall–Kier alpha value is -1.85. The van der Waals surface area contributed by atoms with Gasteiger partial charge in [0, 0.05) is 6.54 Å². The summed E-state index contributed by atoms with van der Waals surface area (Å²) in [6.45, 7) is 0.547. The number of nitrogens with zero attached hydrogens (tertiary/aromatic N) is 1. The maximum Gasteiger partial charge on any atom is 0.326 e. The maximum atomic E-state index is 13.8. The van der Waals surface area contributed by atoms with E-state index in [0.717, 1.165) is 18.9 Å². The molecule has 0 aromatic heterocycles. The minimum absolute atomic E-state index is 0.0267. The second-order valence-electron chi connectivity index (χ2n) is 5.60. The van der Waals surface area contributed by atoms with E-state index in [-0.39, 0.29) is 11.2 Å². The van der Waals surface area contributed by atoms with Crippen LogP contribution in [0, 0.1) is 17.0 Å². The highest BCUT2D eigenvalue weighted by Gasteiger charge is 2.54. The van der Waals surface area contributed by atoms with E-state index in [9.17, 15) is 18.7 Å².